The summed E-state index contributed by atoms with van der Waals surface area (Å²) in [4.78, 5) is 3.59. The summed E-state index contributed by atoms with van der Waals surface area (Å²) >= 11 is 0. The Bertz CT molecular complexity index is 687. The first kappa shape index (κ1) is 15.6. The third kappa shape index (κ3) is 4.27. The number of nitriles is 1. The van der Waals surface area contributed by atoms with E-state index in [0.29, 0.717) is 0 Å². The Morgan fingerprint density at radius 1 is 1.32 bits per heavy atom. The molecular weight excluding hydrogens is 290 g/mol. The maximum Gasteiger partial charge on any atom is 0.244 e. The van der Waals surface area contributed by atoms with Gasteiger partial charge in [0.15, 0.2) is 0 Å². The monoisotopic (exact) mass is 303 g/mol. The smallest absolute Gasteiger partial charge is 0.244 e. The van der Waals surface area contributed by atoms with Crippen LogP contribution in [-0.2, 0) is 19.9 Å². The van der Waals surface area contributed by atoms with E-state index in [1.54, 1.807) is 6.07 Å². The minimum Gasteiger partial charge on any atom is -0.244 e. The van der Waals surface area contributed by atoms with Crippen LogP contribution in [0.1, 0.15) is 5.69 Å². The molecule has 1 rings (SSSR count). The van der Waals surface area contributed by atoms with Crippen LogP contribution in [0, 0.1) is 11.3 Å². The van der Waals surface area contributed by atoms with Crippen molar-refractivity contribution in [1.29, 1.82) is 5.26 Å². The zero-order valence-electron chi connectivity index (χ0n) is 10.4. The number of hydrogen-bond donors (Lipinski definition) is 0. The van der Waals surface area contributed by atoms with Gasteiger partial charge in [-0.15, -0.1) is 0 Å². The van der Waals surface area contributed by atoms with Crippen LogP contribution >= 0.6 is 0 Å². The molecule has 1 aromatic rings. The van der Waals surface area contributed by atoms with Gasteiger partial charge in [-0.2, -0.15) is 9.57 Å². The number of aromatic nitrogens is 1. The van der Waals surface area contributed by atoms with Crippen LogP contribution in [0.4, 0.5) is 0 Å². The van der Waals surface area contributed by atoms with E-state index in [9.17, 15) is 16.8 Å². The van der Waals surface area contributed by atoms with Gasteiger partial charge in [-0.05, 0) is 12.1 Å². The summed E-state index contributed by atoms with van der Waals surface area (Å²) in [5.74, 6) is -0.258. The molecule has 0 bridgehead atoms. The van der Waals surface area contributed by atoms with E-state index in [4.69, 9.17) is 5.26 Å². The van der Waals surface area contributed by atoms with Crippen molar-refractivity contribution in [3.63, 3.8) is 0 Å². The highest BCUT2D eigenvalue weighted by Gasteiger charge is 2.22. The topological polar surface area (TPSA) is 108 Å². The van der Waals surface area contributed by atoms with E-state index >= 15 is 0 Å². The fraction of sp³-hybridized carbons (Fsp3) is 0.400. The van der Waals surface area contributed by atoms with E-state index in [1.165, 1.54) is 19.2 Å². The van der Waals surface area contributed by atoms with Gasteiger partial charge in [0, 0.05) is 26.0 Å². The van der Waals surface area contributed by atoms with E-state index in [2.05, 4.69) is 4.98 Å². The van der Waals surface area contributed by atoms with Gasteiger partial charge in [-0.1, -0.05) is 0 Å². The molecule has 1 aromatic heterocycles. The number of rotatable bonds is 5. The number of sulfone groups is 1. The lowest BCUT2D eigenvalue weighted by atomic mass is 10.4. The Hall–Kier alpha value is -1.50. The Morgan fingerprint density at radius 3 is 2.37 bits per heavy atom. The standard InChI is InChI=1S/C10H13N3O4S2/c1-13(5-6-18(2,14)15)19(16,17)10-4-3-9(7-11)12-8-10/h3-4,8H,5-6H2,1-2H3. The molecule has 0 atom stereocenters. The van der Waals surface area contributed by atoms with E-state index in [-0.39, 0.29) is 22.9 Å². The van der Waals surface area contributed by atoms with E-state index in [1.807, 2.05) is 0 Å². The molecule has 0 amide bonds. The number of hydrogen-bond acceptors (Lipinski definition) is 6. The van der Waals surface area contributed by atoms with Crippen molar-refractivity contribution in [2.24, 2.45) is 0 Å². The number of nitrogens with zero attached hydrogens (tertiary/aromatic N) is 3. The summed E-state index contributed by atoms with van der Waals surface area (Å²) < 4.78 is 47.1. The lowest BCUT2D eigenvalue weighted by Crippen LogP contribution is -2.31. The number of sulfonamides is 1. The number of pyridine rings is 1. The van der Waals surface area contributed by atoms with Gasteiger partial charge in [0.05, 0.1) is 5.75 Å². The van der Waals surface area contributed by atoms with Gasteiger partial charge in [-0.25, -0.2) is 21.8 Å². The van der Waals surface area contributed by atoms with Crippen molar-refractivity contribution in [3.8, 4) is 6.07 Å². The molecule has 0 N–H and O–H groups in total. The van der Waals surface area contributed by atoms with Crippen LogP contribution in [0.25, 0.3) is 0 Å². The maximum absolute atomic E-state index is 12.1. The second kappa shape index (κ2) is 5.64. The Kier molecular flexibility index (Phi) is 4.62. The average Bonchev–Trinajstić information content (AvgIpc) is 2.35. The van der Waals surface area contributed by atoms with Crippen molar-refractivity contribution < 1.29 is 16.8 Å². The molecule has 0 fully saturated rings. The van der Waals surface area contributed by atoms with Gasteiger partial charge in [0.25, 0.3) is 0 Å². The first-order valence-corrected chi connectivity index (χ1v) is 8.67. The van der Waals surface area contributed by atoms with Crippen LogP contribution in [0.3, 0.4) is 0 Å². The molecule has 0 aromatic carbocycles. The van der Waals surface area contributed by atoms with Gasteiger partial charge in [0.2, 0.25) is 10.0 Å². The summed E-state index contributed by atoms with van der Waals surface area (Å²) in [7, 11) is -5.74. The van der Waals surface area contributed by atoms with Crippen molar-refractivity contribution in [1.82, 2.24) is 9.29 Å². The zero-order valence-corrected chi connectivity index (χ0v) is 12.1. The first-order valence-electron chi connectivity index (χ1n) is 5.17. The molecule has 0 spiro atoms. The molecule has 104 valence electrons. The minimum absolute atomic E-state index is 0.0810. The molecule has 0 unspecified atom stereocenters. The summed E-state index contributed by atoms with van der Waals surface area (Å²) in [5.41, 5.74) is 0.109. The normalized spacial score (nSPS) is 12.3. The van der Waals surface area contributed by atoms with E-state index in [0.717, 1.165) is 16.8 Å². The quantitative estimate of drug-likeness (QED) is 0.733. The molecule has 1 heterocycles. The lowest BCUT2D eigenvalue weighted by molar-refractivity contribution is 0.484. The highest BCUT2D eigenvalue weighted by molar-refractivity contribution is 7.91. The largest absolute Gasteiger partial charge is 0.244 e. The van der Waals surface area contributed by atoms with Crippen molar-refractivity contribution in [3.05, 3.63) is 24.0 Å². The molecular formula is C10H13N3O4S2. The van der Waals surface area contributed by atoms with Gasteiger partial charge in [0.1, 0.15) is 26.5 Å². The molecule has 0 radical (unpaired) electrons. The molecule has 0 aliphatic heterocycles. The van der Waals surface area contributed by atoms with Crippen LogP contribution in [-0.4, -0.2) is 51.7 Å². The van der Waals surface area contributed by atoms with Crippen LogP contribution in [0.5, 0.6) is 0 Å². The van der Waals surface area contributed by atoms with E-state index < -0.39 is 19.9 Å². The van der Waals surface area contributed by atoms with Crippen molar-refractivity contribution >= 4 is 19.9 Å². The second-order valence-electron chi connectivity index (χ2n) is 3.95. The third-order valence-corrected chi connectivity index (χ3v) is 5.10. The van der Waals surface area contributed by atoms with Crippen LogP contribution in [0.2, 0.25) is 0 Å². The van der Waals surface area contributed by atoms with Crippen LogP contribution in [0.15, 0.2) is 23.2 Å². The highest BCUT2D eigenvalue weighted by atomic mass is 32.2. The zero-order chi connectivity index (χ0) is 14.7. The van der Waals surface area contributed by atoms with Crippen molar-refractivity contribution in [2.45, 2.75) is 4.90 Å². The fourth-order valence-electron chi connectivity index (χ4n) is 1.19. The average molecular weight is 303 g/mol. The summed E-state index contributed by atoms with van der Waals surface area (Å²) in [6.45, 7) is -0.138. The Labute approximate surface area is 112 Å². The molecule has 19 heavy (non-hydrogen) atoms. The molecule has 0 aliphatic carbocycles. The first-order chi connectivity index (χ1) is 8.66. The van der Waals surface area contributed by atoms with Gasteiger partial charge in [-0.3, -0.25) is 0 Å². The lowest BCUT2D eigenvalue weighted by Gasteiger charge is -2.16. The molecule has 0 aliphatic rings. The van der Waals surface area contributed by atoms with Crippen molar-refractivity contribution in [2.75, 3.05) is 25.6 Å². The molecule has 0 saturated heterocycles. The summed E-state index contributed by atoms with van der Waals surface area (Å²) in [6.07, 6.45) is 2.11. The SMILES string of the molecule is CN(CCS(C)(=O)=O)S(=O)(=O)c1ccc(C#N)nc1. The minimum atomic E-state index is -3.79. The highest BCUT2D eigenvalue weighted by Crippen LogP contribution is 2.13. The Balaban J connectivity index is 2.93. The van der Waals surface area contributed by atoms with Gasteiger partial charge < -0.3 is 0 Å². The van der Waals surface area contributed by atoms with Crippen LogP contribution < -0.4 is 0 Å². The Morgan fingerprint density at radius 2 is 1.95 bits per heavy atom. The predicted molar refractivity (Wildman–Crippen MR) is 68.5 cm³/mol. The molecule has 9 heteroatoms. The summed E-state index contributed by atoms with van der Waals surface area (Å²) in [5, 5.41) is 8.58. The second-order valence-corrected chi connectivity index (χ2v) is 8.25. The molecule has 0 saturated carbocycles. The molecule has 7 nitrogen and oxygen atoms in total. The third-order valence-electron chi connectivity index (χ3n) is 2.34. The fourth-order valence-corrected chi connectivity index (χ4v) is 3.03. The summed E-state index contributed by atoms with van der Waals surface area (Å²) in [6, 6.07) is 4.33. The maximum atomic E-state index is 12.1. The predicted octanol–water partition coefficient (Wildman–Crippen LogP) is -0.382. The van der Waals surface area contributed by atoms with Gasteiger partial charge >= 0.3 is 0 Å².